The van der Waals surface area contributed by atoms with Crippen molar-refractivity contribution in [3.63, 3.8) is 0 Å². The summed E-state index contributed by atoms with van der Waals surface area (Å²) in [6.45, 7) is 0. The molecule has 1 heterocycles. The number of benzene rings is 9. The van der Waals surface area contributed by atoms with Crippen molar-refractivity contribution in [2.45, 2.75) is 5.41 Å². The normalized spacial score (nSPS) is 13.1. The molecule has 0 saturated heterocycles. The first-order valence-corrected chi connectivity index (χ1v) is 19.5. The molecule has 10 aromatic rings. The molecule has 0 aliphatic heterocycles. The van der Waals surface area contributed by atoms with E-state index in [-0.39, 0.29) is 5.41 Å². The Balaban J connectivity index is 1.13. The molecular formula is C55H35N. The van der Waals surface area contributed by atoms with Gasteiger partial charge in [0.2, 0.25) is 0 Å². The van der Waals surface area contributed by atoms with Crippen LogP contribution in [0.25, 0.3) is 82.4 Å². The summed E-state index contributed by atoms with van der Waals surface area (Å²) in [6, 6.07) is 78.8. The van der Waals surface area contributed by atoms with Gasteiger partial charge in [-0.1, -0.05) is 188 Å². The Labute approximate surface area is 325 Å². The second kappa shape index (κ2) is 11.9. The average molecular weight is 710 g/mol. The maximum absolute atomic E-state index is 2.46. The van der Waals surface area contributed by atoms with Gasteiger partial charge in [-0.25, -0.2) is 0 Å². The maximum atomic E-state index is 2.46. The third-order valence-electron chi connectivity index (χ3n) is 12.5. The molecule has 2 aliphatic carbocycles. The summed E-state index contributed by atoms with van der Waals surface area (Å²) in [6.07, 6.45) is 0. The zero-order chi connectivity index (χ0) is 36.8. The molecule has 1 heteroatoms. The molecule has 0 atom stereocenters. The highest BCUT2D eigenvalue weighted by Gasteiger charge is 2.51. The van der Waals surface area contributed by atoms with Gasteiger partial charge in [0, 0.05) is 16.5 Å². The molecule has 1 nitrogen and oxygen atoms in total. The van der Waals surface area contributed by atoms with Gasteiger partial charge in [0.15, 0.2) is 0 Å². The Morgan fingerprint density at radius 3 is 1.18 bits per heavy atom. The number of hydrogen-bond donors (Lipinski definition) is 0. The van der Waals surface area contributed by atoms with E-state index in [1.54, 1.807) is 0 Å². The summed E-state index contributed by atoms with van der Waals surface area (Å²) < 4.78 is 2.46. The van der Waals surface area contributed by atoms with Crippen molar-refractivity contribution in [1.29, 1.82) is 0 Å². The quantitative estimate of drug-likeness (QED) is 0.168. The lowest BCUT2D eigenvalue weighted by Gasteiger charge is -2.30. The van der Waals surface area contributed by atoms with Crippen molar-refractivity contribution in [2.75, 3.05) is 0 Å². The van der Waals surface area contributed by atoms with Gasteiger partial charge < -0.3 is 4.57 Å². The van der Waals surface area contributed by atoms with E-state index >= 15 is 0 Å². The minimum absolute atomic E-state index is 0.363. The fourth-order valence-electron chi connectivity index (χ4n) is 10.3. The summed E-state index contributed by atoms with van der Waals surface area (Å²) in [5, 5.41) is 7.36. The molecule has 56 heavy (non-hydrogen) atoms. The van der Waals surface area contributed by atoms with E-state index in [0.29, 0.717) is 0 Å². The number of hydrogen-bond acceptors (Lipinski definition) is 0. The van der Waals surface area contributed by atoms with Gasteiger partial charge in [-0.05, 0) is 101 Å². The third kappa shape index (κ3) is 4.15. The standard InChI is InChI=1S/C55H35N/c1-3-18-41-39(16-1)40-17-2-4-19-42(40)46-23-9-14-31-53(46)56(52-30-13-8-22-45(41)52)37-34-32-36(33-35-37)38-25-15-29-51-54(38)47-24-7-12-28-50(47)55(51)48-26-10-5-20-43(48)44-21-6-11-27-49(44)55/h1-35H. The third-order valence-corrected chi connectivity index (χ3v) is 12.5. The van der Waals surface area contributed by atoms with Gasteiger partial charge in [0.1, 0.15) is 0 Å². The van der Waals surface area contributed by atoms with E-state index in [0.717, 1.165) is 16.7 Å². The fourth-order valence-corrected chi connectivity index (χ4v) is 10.3. The maximum Gasteiger partial charge on any atom is 0.0725 e. The molecule has 1 aromatic heterocycles. The van der Waals surface area contributed by atoms with E-state index < -0.39 is 0 Å². The van der Waals surface area contributed by atoms with E-state index in [4.69, 9.17) is 0 Å². The number of fused-ring (bicyclic) bond motifs is 17. The number of para-hydroxylation sites is 2. The van der Waals surface area contributed by atoms with Crippen LogP contribution < -0.4 is 0 Å². The lowest BCUT2D eigenvalue weighted by atomic mass is 9.70. The SMILES string of the molecule is c1ccc2c(c1)-c1ccccc1C21c2ccccc2-c2c(-c3ccc(-n4c5ccccc5c5ccccc5c5ccccc5c5ccccc54)cc3)cccc21. The van der Waals surface area contributed by atoms with Gasteiger partial charge in [-0.15, -0.1) is 0 Å². The summed E-state index contributed by atoms with van der Waals surface area (Å²) in [7, 11) is 0. The first kappa shape index (κ1) is 31.2. The van der Waals surface area contributed by atoms with Gasteiger partial charge in [-0.3, -0.25) is 0 Å². The van der Waals surface area contributed by atoms with Crippen molar-refractivity contribution >= 4 is 43.4 Å². The van der Waals surface area contributed by atoms with Crippen LogP contribution in [0.4, 0.5) is 0 Å². The lowest BCUT2D eigenvalue weighted by Crippen LogP contribution is -2.25. The van der Waals surface area contributed by atoms with Crippen LogP contribution in [0, 0.1) is 0 Å². The van der Waals surface area contributed by atoms with Crippen LogP contribution in [-0.4, -0.2) is 4.57 Å². The van der Waals surface area contributed by atoms with E-state index in [1.165, 1.54) is 88.0 Å². The minimum atomic E-state index is -0.363. The lowest BCUT2D eigenvalue weighted by molar-refractivity contribution is 0.794. The Kier molecular flexibility index (Phi) is 6.62. The molecule has 0 N–H and O–H groups in total. The molecule has 0 bridgehead atoms. The van der Waals surface area contributed by atoms with Gasteiger partial charge >= 0.3 is 0 Å². The van der Waals surface area contributed by atoms with Crippen molar-refractivity contribution in [1.82, 2.24) is 4.57 Å². The van der Waals surface area contributed by atoms with Crippen LogP contribution in [-0.2, 0) is 5.41 Å². The monoisotopic (exact) mass is 709 g/mol. The minimum Gasteiger partial charge on any atom is -0.309 e. The Morgan fingerprint density at radius 2 is 0.643 bits per heavy atom. The van der Waals surface area contributed by atoms with E-state index in [1.807, 2.05) is 0 Å². The second-order valence-corrected chi connectivity index (χ2v) is 15.1. The molecule has 0 fully saturated rings. The van der Waals surface area contributed by atoms with Crippen molar-refractivity contribution < 1.29 is 0 Å². The Hall–Kier alpha value is -7.22. The molecule has 0 saturated carbocycles. The zero-order valence-electron chi connectivity index (χ0n) is 30.7. The van der Waals surface area contributed by atoms with Crippen LogP contribution in [0.1, 0.15) is 22.3 Å². The van der Waals surface area contributed by atoms with Crippen LogP contribution >= 0.6 is 0 Å². The highest BCUT2D eigenvalue weighted by molar-refractivity contribution is 6.19. The molecule has 12 rings (SSSR count). The molecular weight excluding hydrogens is 675 g/mol. The van der Waals surface area contributed by atoms with E-state index in [9.17, 15) is 0 Å². The summed E-state index contributed by atoms with van der Waals surface area (Å²) in [5.74, 6) is 0. The van der Waals surface area contributed by atoms with Crippen LogP contribution in [0.3, 0.4) is 0 Å². The van der Waals surface area contributed by atoms with Crippen LogP contribution in [0.15, 0.2) is 212 Å². The molecule has 0 unspecified atom stereocenters. The fraction of sp³-hybridized carbons (Fsp3) is 0.0182. The molecule has 0 radical (unpaired) electrons. The van der Waals surface area contributed by atoms with Crippen LogP contribution in [0.2, 0.25) is 0 Å². The van der Waals surface area contributed by atoms with Crippen molar-refractivity contribution in [2.24, 2.45) is 0 Å². The highest BCUT2D eigenvalue weighted by Crippen LogP contribution is 2.63. The van der Waals surface area contributed by atoms with Crippen molar-refractivity contribution in [3.05, 3.63) is 235 Å². The van der Waals surface area contributed by atoms with Crippen molar-refractivity contribution in [3.8, 4) is 39.1 Å². The molecule has 9 aromatic carbocycles. The first-order valence-electron chi connectivity index (χ1n) is 19.5. The van der Waals surface area contributed by atoms with Gasteiger partial charge in [0.05, 0.1) is 16.4 Å². The zero-order valence-corrected chi connectivity index (χ0v) is 30.7. The molecule has 260 valence electrons. The highest BCUT2D eigenvalue weighted by atomic mass is 15.0. The molecule has 1 spiro atoms. The predicted molar refractivity (Wildman–Crippen MR) is 235 cm³/mol. The Morgan fingerprint density at radius 1 is 0.268 bits per heavy atom. The average Bonchev–Trinajstić information content (AvgIpc) is 3.76. The Bertz CT molecular complexity index is 3160. The predicted octanol–water partition coefficient (Wildman–Crippen LogP) is 14.2. The largest absolute Gasteiger partial charge is 0.309 e. The summed E-state index contributed by atoms with van der Waals surface area (Å²) in [5.41, 5.74) is 16.3. The smallest absolute Gasteiger partial charge is 0.0725 e. The second-order valence-electron chi connectivity index (χ2n) is 15.1. The summed E-state index contributed by atoms with van der Waals surface area (Å²) >= 11 is 0. The molecule has 0 amide bonds. The summed E-state index contributed by atoms with van der Waals surface area (Å²) in [4.78, 5) is 0. The topological polar surface area (TPSA) is 4.93 Å². The number of rotatable bonds is 2. The number of nitrogens with zero attached hydrogens (tertiary/aromatic N) is 1. The van der Waals surface area contributed by atoms with Gasteiger partial charge in [-0.2, -0.15) is 0 Å². The first-order chi connectivity index (χ1) is 27.8. The van der Waals surface area contributed by atoms with Gasteiger partial charge in [0.25, 0.3) is 0 Å². The van der Waals surface area contributed by atoms with E-state index in [2.05, 4.69) is 217 Å². The number of aromatic nitrogens is 1. The van der Waals surface area contributed by atoms with Crippen LogP contribution in [0.5, 0.6) is 0 Å². The molecule has 2 aliphatic rings.